The lowest BCUT2D eigenvalue weighted by Gasteiger charge is -2.06. The summed E-state index contributed by atoms with van der Waals surface area (Å²) in [4.78, 5) is 12.0. The number of nitrogens with one attached hydrogen (secondary N) is 1. The Morgan fingerprint density at radius 2 is 2.14 bits per heavy atom. The molecule has 0 saturated heterocycles. The van der Waals surface area contributed by atoms with Crippen LogP contribution in [0.25, 0.3) is 0 Å². The van der Waals surface area contributed by atoms with E-state index in [4.69, 9.17) is 16.7 Å². The number of amides is 1. The van der Waals surface area contributed by atoms with Crippen LogP contribution in [0.2, 0.25) is 5.02 Å². The average molecular weight is 332 g/mol. The highest BCUT2D eigenvalue weighted by molar-refractivity contribution is 7.89. The predicted molar refractivity (Wildman–Crippen MR) is 77.7 cm³/mol. The standard InChI is InChI=1S/C11H14ClN5O3S/c1-3-17-5-7(12)4-8(17)11(18)14-10-9(21(13,19)20)6-16(2)15-10/h4-6H,3H2,1-2H3,(H2,13,19,20)(H,14,15,18). The van der Waals surface area contributed by atoms with Gasteiger partial charge in [-0.05, 0) is 13.0 Å². The lowest BCUT2D eigenvalue weighted by atomic mass is 10.4. The van der Waals surface area contributed by atoms with Gasteiger partial charge in [0.25, 0.3) is 5.91 Å². The molecule has 0 spiro atoms. The van der Waals surface area contributed by atoms with Crippen molar-refractivity contribution < 1.29 is 13.2 Å². The Labute approximate surface area is 126 Å². The molecule has 3 N–H and O–H groups in total. The first-order valence-electron chi connectivity index (χ1n) is 5.96. The summed E-state index contributed by atoms with van der Waals surface area (Å²) < 4.78 is 25.8. The van der Waals surface area contributed by atoms with Gasteiger partial charge in [0.2, 0.25) is 10.0 Å². The molecule has 21 heavy (non-hydrogen) atoms. The summed E-state index contributed by atoms with van der Waals surface area (Å²) >= 11 is 5.86. The average Bonchev–Trinajstić information content (AvgIpc) is 2.91. The second kappa shape index (κ2) is 5.51. The third kappa shape index (κ3) is 3.26. The molecule has 0 saturated carbocycles. The van der Waals surface area contributed by atoms with Gasteiger partial charge in [-0.3, -0.25) is 9.48 Å². The van der Waals surface area contributed by atoms with E-state index in [2.05, 4.69) is 10.4 Å². The van der Waals surface area contributed by atoms with Crippen LogP contribution in [0.15, 0.2) is 23.4 Å². The topological polar surface area (TPSA) is 112 Å². The smallest absolute Gasteiger partial charge is 0.273 e. The zero-order valence-corrected chi connectivity index (χ0v) is 12.9. The fraction of sp³-hybridized carbons (Fsp3) is 0.273. The highest BCUT2D eigenvalue weighted by atomic mass is 35.5. The third-order valence-electron chi connectivity index (χ3n) is 2.77. The number of hydrogen-bond donors (Lipinski definition) is 2. The molecule has 0 aliphatic rings. The molecule has 2 aromatic heterocycles. The van der Waals surface area contributed by atoms with E-state index in [9.17, 15) is 13.2 Å². The minimum absolute atomic E-state index is 0.120. The SMILES string of the molecule is CCn1cc(Cl)cc1C(=O)Nc1nn(C)cc1S(N)(=O)=O. The summed E-state index contributed by atoms with van der Waals surface area (Å²) in [5.74, 6) is -0.641. The first kappa shape index (κ1) is 15.5. The maximum absolute atomic E-state index is 12.2. The molecule has 1 amide bonds. The lowest BCUT2D eigenvalue weighted by Crippen LogP contribution is -2.20. The number of aromatic nitrogens is 3. The van der Waals surface area contributed by atoms with Crippen LogP contribution in [0.1, 0.15) is 17.4 Å². The lowest BCUT2D eigenvalue weighted by molar-refractivity contribution is 0.101. The molecule has 0 aliphatic heterocycles. The number of primary sulfonamides is 1. The van der Waals surface area contributed by atoms with Crippen molar-refractivity contribution in [1.82, 2.24) is 14.3 Å². The second-order valence-corrected chi connectivity index (χ2v) is 6.31. The molecule has 2 heterocycles. The van der Waals surface area contributed by atoms with Crippen molar-refractivity contribution in [2.45, 2.75) is 18.4 Å². The number of aryl methyl sites for hydroxylation is 2. The van der Waals surface area contributed by atoms with Gasteiger partial charge in [0, 0.05) is 26.0 Å². The summed E-state index contributed by atoms with van der Waals surface area (Å²) in [6.07, 6.45) is 2.83. The molecule has 0 aromatic carbocycles. The Morgan fingerprint density at radius 1 is 1.48 bits per heavy atom. The molecular weight excluding hydrogens is 318 g/mol. The van der Waals surface area contributed by atoms with Crippen molar-refractivity contribution >= 4 is 33.3 Å². The van der Waals surface area contributed by atoms with Crippen molar-refractivity contribution in [1.29, 1.82) is 0 Å². The van der Waals surface area contributed by atoms with E-state index in [0.29, 0.717) is 17.3 Å². The molecule has 0 aliphatic carbocycles. The van der Waals surface area contributed by atoms with Crippen LogP contribution in [0.3, 0.4) is 0 Å². The quantitative estimate of drug-likeness (QED) is 0.862. The van der Waals surface area contributed by atoms with Crippen molar-refractivity contribution in [3.8, 4) is 0 Å². The number of carbonyl (C=O) groups excluding carboxylic acids is 1. The molecule has 114 valence electrons. The normalized spacial score (nSPS) is 11.6. The van der Waals surface area contributed by atoms with Crippen molar-refractivity contribution in [3.05, 3.63) is 29.2 Å². The molecule has 0 bridgehead atoms. The molecule has 2 rings (SSSR count). The first-order valence-corrected chi connectivity index (χ1v) is 7.88. The van der Waals surface area contributed by atoms with Crippen LogP contribution in [0.4, 0.5) is 5.82 Å². The Hall–Kier alpha value is -1.84. The van der Waals surface area contributed by atoms with Gasteiger partial charge >= 0.3 is 0 Å². The van der Waals surface area contributed by atoms with E-state index in [1.54, 1.807) is 10.8 Å². The summed E-state index contributed by atoms with van der Waals surface area (Å²) in [7, 11) is -2.46. The Balaban J connectivity index is 2.36. The van der Waals surface area contributed by atoms with E-state index in [1.807, 2.05) is 6.92 Å². The minimum Gasteiger partial charge on any atom is -0.342 e. The summed E-state index contributed by atoms with van der Waals surface area (Å²) in [6.45, 7) is 2.39. The van der Waals surface area contributed by atoms with E-state index >= 15 is 0 Å². The van der Waals surface area contributed by atoms with Gasteiger partial charge in [0.1, 0.15) is 10.6 Å². The number of nitrogens with zero attached hydrogens (tertiary/aromatic N) is 3. The van der Waals surface area contributed by atoms with E-state index in [-0.39, 0.29) is 10.7 Å². The summed E-state index contributed by atoms with van der Waals surface area (Å²) in [6, 6.07) is 1.49. The van der Waals surface area contributed by atoms with Crippen LogP contribution in [0, 0.1) is 0 Å². The van der Waals surface area contributed by atoms with Crippen LogP contribution >= 0.6 is 11.6 Å². The van der Waals surface area contributed by atoms with Gasteiger partial charge in [0.15, 0.2) is 5.82 Å². The fourth-order valence-corrected chi connectivity index (χ4v) is 2.74. The number of hydrogen-bond acceptors (Lipinski definition) is 4. The Bertz CT molecular complexity index is 793. The van der Waals surface area contributed by atoms with Gasteiger partial charge in [-0.2, -0.15) is 5.10 Å². The number of sulfonamides is 1. The van der Waals surface area contributed by atoms with Crippen LogP contribution in [-0.2, 0) is 23.6 Å². The number of rotatable bonds is 4. The minimum atomic E-state index is -3.98. The maximum Gasteiger partial charge on any atom is 0.273 e. The molecule has 10 heteroatoms. The van der Waals surface area contributed by atoms with Gasteiger partial charge < -0.3 is 9.88 Å². The van der Waals surface area contributed by atoms with Crippen LogP contribution < -0.4 is 10.5 Å². The number of halogens is 1. The Morgan fingerprint density at radius 3 is 2.71 bits per heavy atom. The van der Waals surface area contributed by atoms with Crippen molar-refractivity contribution in [2.75, 3.05) is 5.32 Å². The van der Waals surface area contributed by atoms with Crippen LogP contribution in [0.5, 0.6) is 0 Å². The van der Waals surface area contributed by atoms with Gasteiger partial charge in [-0.25, -0.2) is 13.6 Å². The van der Waals surface area contributed by atoms with Crippen LogP contribution in [-0.4, -0.2) is 28.7 Å². The molecular formula is C11H14ClN5O3S. The van der Waals surface area contributed by atoms with E-state index < -0.39 is 15.9 Å². The van der Waals surface area contributed by atoms with Crippen molar-refractivity contribution in [2.24, 2.45) is 12.2 Å². The van der Waals surface area contributed by atoms with Gasteiger partial charge in [-0.15, -0.1) is 0 Å². The molecule has 2 aromatic rings. The Kier molecular flexibility index (Phi) is 4.08. The summed E-state index contributed by atoms with van der Waals surface area (Å²) in [5.41, 5.74) is 0.300. The molecule has 0 unspecified atom stereocenters. The maximum atomic E-state index is 12.2. The van der Waals surface area contributed by atoms with Crippen molar-refractivity contribution in [3.63, 3.8) is 0 Å². The number of anilines is 1. The van der Waals surface area contributed by atoms with E-state index in [1.165, 1.54) is 24.0 Å². The number of nitrogens with two attached hydrogens (primary N) is 1. The fourth-order valence-electron chi connectivity index (χ4n) is 1.86. The largest absolute Gasteiger partial charge is 0.342 e. The molecule has 0 fully saturated rings. The van der Waals surface area contributed by atoms with E-state index in [0.717, 1.165) is 0 Å². The molecule has 0 radical (unpaired) electrons. The molecule has 8 nitrogen and oxygen atoms in total. The molecule has 0 atom stereocenters. The second-order valence-electron chi connectivity index (χ2n) is 4.34. The number of carbonyl (C=O) groups is 1. The zero-order valence-electron chi connectivity index (χ0n) is 11.4. The summed E-state index contributed by atoms with van der Waals surface area (Å²) in [5, 5.41) is 11.8. The zero-order chi connectivity index (χ0) is 15.8. The first-order chi connectivity index (χ1) is 9.72. The third-order valence-corrected chi connectivity index (χ3v) is 3.89. The van der Waals surface area contributed by atoms with Gasteiger partial charge in [-0.1, -0.05) is 11.6 Å². The monoisotopic (exact) mass is 331 g/mol. The predicted octanol–water partition coefficient (Wildman–Crippen LogP) is 0.795. The highest BCUT2D eigenvalue weighted by Gasteiger charge is 2.21. The highest BCUT2D eigenvalue weighted by Crippen LogP contribution is 2.20. The van der Waals surface area contributed by atoms with Gasteiger partial charge in [0.05, 0.1) is 5.02 Å².